The first-order valence-corrected chi connectivity index (χ1v) is 11.2. The molecule has 0 spiro atoms. The molecule has 1 aliphatic heterocycles. The van der Waals surface area contributed by atoms with Crippen LogP contribution < -0.4 is 20.5 Å². The molecular formula is C24H32FN3O4. The molecule has 2 heterocycles. The van der Waals surface area contributed by atoms with E-state index in [0.29, 0.717) is 30.7 Å². The molecule has 1 saturated carbocycles. The number of benzene rings is 1. The van der Waals surface area contributed by atoms with Crippen LogP contribution in [0.3, 0.4) is 0 Å². The fraction of sp³-hybridized carbons (Fsp3) is 0.583. The number of ether oxygens (including phenoxy) is 2. The molecule has 8 heteroatoms. The molecule has 174 valence electrons. The van der Waals surface area contributed by atoms with Gasteiger partial charge in [0.1, 0.15) is 5.60 Å². The Morgan fingerprint density at radius 2 is 1.97 bits per heavy atom. The lowest BCUT2D eigenvalue weighted by atomic mass is 10.0. The van der Waals surface area contributed by atoms with Gasteiger partial charge in [0.05, 0.1) is 18.3 Å². The maximum atomic E-state index is 15.6. The monoisotopic (exact) mass is 445 g/mol. The zero-order valence-corrected chi connectivity index (χ0v) is 19.5. The number of nitrogens with zero attached hydrogens (tertiary/aromatic N) is 2. The van der Waals surface area contributed by atoms with Gasteiger partial charge < -0.3 is 24.3 Å². The van der Waals surface area contributed by atoms with Gasteiger partial charge in [-0.05, 0) is 58.9 Å². The number of amides is 1. The molecule has 0 radical (unpaired) electrons. The highest BCUT2D eigenvalue weighted by Crippen LogP contribution is 2.44. The molecule has 0 bridgehead atoms. The SMILES string of the molecule is COc1c(F)c(N2CCC(CNC(=O)OC(C)(C)C)C2)c(C)c2c1ccc(=O)n2C1CC1. The van der Waals surface area contributed by atoms with E-state index in [1.807, 2.05) is 32.6 Å². The van der Waals surface area contributed by atoms with Crippen molar-refractivity contribution in [1.29, 1.82) is 0 Å². The number of rotatable bonds is 5. The molecule has 32 heavy (non-hydrogen) atoms. The van der Waals surface area contributed by atoms with Gasteiger partial charge in [0.2, 0.25) is 0 Å². The third kappa shape index (κ3) is 4.27. The van der Waals surface area contributed by atoms with E-state index in [-0.39, 0.29) is 23.3 Å². The highest BCUT2D eigenvalue weighted by atomic mass is 19.1. The fourth-order valence-electron chi connectivity index (χ4n) is 4.64. The minimum atomic E-state index is -0.551. The highest BCUT2D eigenvalue weighted by Gasteiger charge is 2.33. The van der Waals surface area contributed by atoms with Crippen LogP contribution >= 0.6 is 0 Å². The second-order valence-electron chi connectivity index (χ2n) is 9.84. The van der Waals surface area contributed by atoms with Crippen LogP contribution in [-0.4, -0.2) is 43.0 Å². The summed E-state index contributed by atoms with van der Waals surface area (Å²) in [5.74, 6) is -0.0611. The van der Waals surface area contributed by atoms with Crippen LogP contribution in [0.2, 0.25) is 0 Å². The Morgan fingerprint density at radius 3 is 2.59 bits per heavy atom. The van der Waals surface area contributed by atoms with Gasteiger partial charge in [0.25, 0.3) is 5.56 Å². The van der Waals surface area contributed by atoms with Gasteiger partial charge in [0, 0.05) is 42.7 Å². The van der Waals surface area contributed by atoms with Crippen molar-refractivity contribution in [3.63, 3.8) is 0 Å². The molecule has 4 rings (SSSR count). The van der Waals surface area contributed by atoms with Crippen molar-refractivity contribution in [3.05, 3.63) is 33.9 Å². The first-order chi connectivity index (χ1) is 15.1. The molecule has 1 unspecified atom stereocenters. The molecule has 1 saturated heterocycles. The third-order valence-corrected chi connectivity index (χ3v) is 6.14. The average molecular weight is 446 g/mol. The Kier molecular flexibility index (Phi) is 5.81. The zero-order chi connectivity index (χ0) is 23.2. The Bertz CT molecular complexity index is 1100. The molecule has 1 aromatic carbocycles. The molecule has 1 amide bonds. The van der Waals surface area contributed by atoms with Crippen molar-refractivity contribution in [1.82, 2.24) is 9.88 Å². The maximum Gasteiger partial charge on any atom is 0.407 e. The molecule has 1 aromatic heterocycles. The van der Waals surface area contributed by atoms with E-state index in [4.69, 9.17) is 9.47 Å². The van der Waals surface area contributed by atoms with Gasteiger partial charge in [-0.3, -0.25) is 4.79 Å². The number of carbonyl (C=O) groups excluding carboxylic acids is 1. The van der Waals surface area contributed by atoms with Crippen LogP contribution in [0.25, 0.3) is 10.9 Å². The summed E-state index contributed by atoms with van der Waals surface area (Å²) in [4.78, 5) is 26.6. The zero-order valence-electron chi connectivity index (χ0n) is 19.5. The molecule has 1 N–H and O–H groups in total. The number of halogens is 1. The van der Waals surface area contributed by atoms with E-state index in [2.05, 4.69) is 5.32 Å². The van der Waals surface area contributed by atoms with Gasteiger partial charge >= 0.3 is 6.09 Å². The molecule has 1 aliphatic carbocycles. The summed E-state index contributed by atoms with van der Waals surface area (Å²) >= 11 is 0. The summed E-state index contributed by atoms with van der Waals surface area (Å²) in [6, 6.07) is 3.32. The van der Waals surface area contributed by atoms with Crippen molar-refractivity contribution in [2.24, 2.45) is 5.92 Å². The van der Waals surface area contributed by atoms with Crippen LogP contribution in [0.5, 0.6) is 5.75 Å². The minimum Gasteiger partial charge on any atom is -0.493 e. The van der Waals surface area contributed by atoms with E-state index < -0.39 is 17.5 Å². The number of nitrogens with one attached hydrogen (secondary N) is 1. The number of anilines is 1. The van der Waals surface area contributed by atoms with Gasteiger partial charge in [-0.2, -0.15) is 0 Å². The Morgan fingerprint density at radius 1 is 1.25 bits per heavy atom. The summed E-state index contributed by atoms with van der Waals surface area (Å²) in [5.41, 5.74) is 1.37. The first kappa shape index (κ1) is 22.4. The smallest absolute Gasteiger partial charge is 0.407 e. The summed E-state index contributed by atoms with van der Waals surface area (Å²) in [6.07, 6.45) is 2.28. The predicted octanol–water partition coefficient (Wildman–Crippen LogP) is 4.14. The van der Waals surface area contributed by atoms with Gasteiger partial charge in [-0.1, -0.05) is 0 Å². The molecule has 1 atom stereocenters. The largest absolute Gasteiger partial charge is 0.493 e. The second kappa shape index (κ2) is 8.30. The number of hydrogen-bond donors (Lipinski definition) is 1. The quantitative estimate of drug-likeness (QED) is 0.749. The van der Waals surface area contributed by atoms with Crippen molar-refractivity contribution >= 4 is 22.7 Å². The normalized spacial score (nSPS) is 18.8. The first-order valence-electron chi connectivity index (χ1n) is 11.2. The van der Waals surface area contributed by atoms with Crippen LogP contribution in [-0.2, 0) is 4.74 Å². The van der Waals surface area contributed by atoms with Crippen LogP contribution in [0.4, 0.5) is 14.9 Å². The maximum absolute atomic E-state index is 15.6. The number of fused-ring (bicyclic) bond motifs is 1. The van der Waals surface area contributed by atoms with Crippen molar-refractivity contribution in [3.8, 4) is 5.75 Å². The van der Waals surface area contributed by atoms with Crippen molar-refractivity contribution < 1.29 is 18.7 Å². The highest BCUT2D eigenvalue weighted by molar-refractivity contribution is 5.93. The second-order valence-corrected chi connectivity index (χ2v) is 9.84. The van der Waals surface area contributed by atoms with E-state index in [1.54, 1.807) is 10.6 Å². The number of hydrogen-bond acceptors (Lipinski definition) is 5. The third-order valence-electron chi connectivity index (χ3n) is 6.14. The van der Waals surface area contributed by atoms with Crippen molar-refractivity contribution in [2.75, 3.05) is 31.6 Å². The number of methoxy groups -OCH3 is 1. The van der Waals surface area contributed by atoms with Crippen LogP contribution in [0, 0.1) is 18.7 Å². The predicted molar refractivity (Wildman–Crippen MR) is 122 cm³/mol. The molecule has 2 aromatic rings. The van der Waals surface area contributed by atoms with Gasteiger partial charge in [-0.15, -0.1) is 0 Å². The standard InChI is InChI=1S/C24H32FN3O4/c1-14-20-17(8-9-18(29)28(20)16-6-7-16)22(31-5)19(25)21(14)27-11-10-15(13-27)12-26-23(30)32-24(2,3)4/h8-9,15-16H,6-7,10-13H2,1-5H3,(H,26,30). The molecular weight excluding hydrogens is 413 g/mol. The van der Waals surface area contributed by atoms with Gasteiger partial charge in [0.15, 0.2) is 11.6 Å². The van der Waals surface area contributed by atoms with Crippen LogP contribution in [0.15, 0.2) is 16.9 Å². The summed E-state index contributed by atoms with van der Waals surface area (Å²) < 4.78 is 28.2. The Labute approximate surface area is 187 Å². The Hall–Kier alpha value is -2.77. The summed E-state index contributed by atoms with van der Waals surface area (Å²) in [7, 11) is 1.46. The topological polar surface area (TPSA) is 72.8 Å². The Balaban J connectivity index is 1.63. The van der Waals surface area contributed by atoms with Crippen molar-refractivity contribution in [2.45, 2.75) is 58.6 Å². The van der Waals surface area contributed by atoms with E-state index in [0.717, 1.165) is 30.3 Å². The van der Waals surface area contributed by atoms with E-state index >= 15 is 4.39 Å². The lowest BCUT2D eigenvalue weighted by Crippen LogP contribution is -2.36. The lowest BCUT2D eigenvalue weighted by Gasteiger charge is -2.26. The lowest BCUT2D eigenvalue weighted by molar-refractivity contribution is 0.0520. The summed E-state index contributed by atoms with van der Waals surface area (Å²) in [5, 5.41) is 3.45. The summed E-state index contributed by atoms with van der Waals surface area (Å²) in [6.45, 7) is 9.07. The molecule has 2 fully saturated rings. The fourth-order valence-corrected chi connectivity index (χ4v) is 4.64. The van der Waals surface area contributed by atoms with Crippen LogP contribution in [0.1, 0.15) is 51.6 Å². The number of pyridine rings is 1. The number of aryl methyl sites for hydroxylation is 1. The minimum absolute atomic E-state index is 0.0661. The van der Waals surface area contributed by atoms with Gasteiger partial charge in [-0.25, -0.2) is 9.18 Å². The molecule has 2 aliphatic rings. The number of alkyl carbamates (subject to hydrolysis) is 1. The average Bonchev–Trinajstić information content (AvgIpc) is 3.44. The van der Waals surface area contributed by atoms with E-state index in [1.165, 1.54) is 13.2 Å². The number of aromatic nitrogens is 1. The van der Waals surface area contributed by atoms with E-state index in [9.17, 15) is 9.59 Å². The molecule has 7 nitrogen and oxygen atoms in total. The number of carbonyl (C=O) groups is 1.